The van der Waals surface area contributed by atoms with Crippen LogP contribution in [0.4, 0.5) is 5.69 Å². The van der Waals surface area contributed by atoms with E-state index in [9.17, 15) is 19.7 Å². The molecule has 8 nitrogen and oxygen atoms in total. The van der Waals surface area contributed by atoms with E-state index in [0.717, 1.165) is 0 Å². The highest BCUT2D eigenvalue weighted by Gasteiger charge is 2.25. The quantitative estimate of drug-likeness (QED) is 0.479. The molecule has 25 heavy (non-hydrogen) atoms. The Balaban J connectivity index is 2.59. The Morgan fingerprint density at radius 1 is 1.44 bits per heavy atom. The predicted octanol–water partition coefficient (Wildman–Crippen LogP) is 2.45. The van der Waals surface area contributed by atoms with Gasteiger partial charge in [0.2, 0.25) is 5.91 Å². The van der Waals surface area contributed by atoms with E-state index in [2.05, 4.69) is 5.32 Å². The summed E-state index contributed by atoms with van der Waals surface area (Å²) >= 11 is 1.25. The zero-order valence-corrected chi connectivity index (χ0v) is 15.2. The molecule has 0 bridgehead atoms. The standard InChI is InChI=1S/C16H22N2O6S/c1-4-10(2)15(16(20)21)17-14(19)9-25-8-11-5-6-13(24-3)12(7-11)18(22)23/h5-7,10,15H,4,8-9H2,1-3H3,(H,17,19)(H,20,21)/t10-,15-/m0/s1. The van der Waals surface area contributed by atoms with Crippen LogP contribution < -0.4 is 10.1 Å². The number of nitro benzene ring substituents is 1. The summed E-state index contributed by atoms with van der Waals surface area (Å²) in [4.78, 5) is 33.6. The summed E-state index contributed by atoms with van der Waals surface area (Å²) in [6, 6.07) is 3.69. The lowest BCUT2D eigenvalue weighted by atomic mass is 9.99. The molecule has 0 heterocycles. The van der Waals surface area contributed by atoms with Gasteiger partial charge in [0.05, 0.1) is 17.8 Å². The summed E-state index contributed by atoms with van der Waals surface area (Å²) in [6.07, 6.45) is 0.639. The van der Waals surface area contributed by atoms with Gasteiger partial charge in [-0.3, -0.25) is 14.9 Å². The maximum Gasteiger partial charge on any atom is 0.326 e. The molecule has 1 amide bonds. The van der Waals surface area contributed by atoms with Crippen molar-refractivity contribution < 1.29 is 24.4 Å². The number of carbonyl (C=O) groups excluding carboxylic acids is 1. The molecule has 9 heteroatoms. The highest BCUT2D eigenvalue weighted by atomic mass is 32.2. The number of nitrogens with zero attached hydrogens (tertiary/aromatic N) is 1. The first-order chi connectivity index (χ1) is 11.8. The average molecular weight is 370 g/mol. The lowest BCUT2D eigenvalue weighted by Gasteiger charge is -2.20. The average Bonchev–Trinajstić information content (AvgIpc) is 2.58. The Morgan fingerprint density at radius 3 is 2.64 bits per heavy atom. The Morgan fingerprint density at radius 2 is 2.12 bits per heavy atom. The fourth-order valence-corrected chi connectivity index (χ4v) is 2.91. The van der Waals surface area contributed by atoms with Gasteiger partial charge in [-0.15, -0.1) is 11.8 Å². The monoisotopic (exact) mass is 370 g/mol. The molecule has 1 aromatic carbocycles. The van der Waals surface area contributed by atoms with Crippen molar-refractivity contribution in [2.75, 3.05) is 12.9 Å². The SMILES string of the molecule is CC[C@H](C)[C@H](NC(=O)CSCc1ccc(OC)c([N+](=O)[O-])c1)C(=O)O. The molecule has 2 N–H and O–H groups in total. The van der Waals surface area contributed by atoms with Gasteiger partial charge in [-0.05, 0) is 17.5 Å². The number of thioether (sulfide) groups is 1. The van der Waals surface area contributed by atoms with Crippen LogP contribution in [0.25, 0.3) is 0 Å². The smallest absolute Gasteiger partial charge is 0.326 e. The molecule has 0 aliphatic heterocycles. The minimum absolute atomic E-state index is 0.0695. The normalized spacial score (nSPS) is 12.9. The minimum atomic E-state index is -1.06. The molecule has 0 aliphatic carbocycles. The Hall–Kier alpha value is -2.29. The molecule has 0 aliphatic rings. The van der Waals surface area contributed by atoms with E-state index in [4.69, 9.17) is 9.84 Å². The summed E-state index contributed by atoms with van der Waals surface area (Å²) in [6.45, 7) is 3.63. The number of hydrogen-bond donors (Lipinski definition) is 2. The van der Waals surface area contributed by atoms with E-state index in [1.54, 1.807) is 13.0 Å². The number of carboxylic acid groups (broad SMARTS) is 1. The van der Waals surface area contributed by atoms with Crippen LogP contribution >= 0.6 is 11.8 Å². The number of rotatable bonds is 10. The molecule has 0 unspecified atom stereocenters. The molecule has 138 valence electrons. The van der Waals surface area contributed by atoms with Crippen molar-refractivity contribution >= 4 is 29.3 Å². The molecule has 2 atom stereocenters. The molecule has 0 saturated heterocycles. The van der Waals surface area contributed by atoms with E-state index in [1.165, 1.54) is 31.0 Å². The van der Waals surface area contributed by atoms with E-state index in [1.807, 2.05) is 6.92 Å². The number of carboxylic acids is 1. The number of aliphatic carboxylic acids is 1. The van der Waals surface area contributed by atoms with Crippen LogP contribution in [-0.4, -0.2) is 40.8 Å². The van der Waals surface area contributed by atoms with Crippen molar-refractivity contribution in [3.8, 4) is 5.75 Å². The number of hydrogen-bond acceptors (Lipinski definition) is 6. The van der Waals surface area contributed by atoms with E-state index in [-0.39, 0.29) is 29.0 Å². The summed E-state index contributed by atoms with van der Waals surface area (Å²) in [5.41, 5.74) is 0.551. The first-order valence-corrected chi connectivity index (χ1v) is 8.86. The number of benzene rings is 1. The van der Waals surface area contributed by atoms with Crippen molar-refractivity contribution in [3.05, 3.63) is 33.9 Å². The summed E-state index contributed by atoms with van der Waals surface area (Å²) in [5.74, 6) is -0.969. The van der Waals surface area contributed by atoms with Crippen LogP contribution in [0.15, 0.2) is 18.2 Å². The second-order valence-corrected chi connectivity index (χ2v) is 6.51. The van der Waals surface area contributed by atoms with Crippen LogP contribution in [0.5, 0.6) is 5.75 Å². The molecular weight excluding hydrogens is 348 g/mol. The zero-order chi connectivity index (χ0) is 19.0. The van der Waals surface area contributed by atoms with Gasteiger partial charge in [0.25, 0.3) is 0 Å². The molecule has 0 radical (unpaired) electrons. The number of methoxy groups -OCH3 is 1. The van der Waals surface area contributed by atoms with E-state index < -0.39 is 16.9 Å². The van der Waals surface area contributed by atoms with Gasteiger partial charge in [-0.1, -0.05) is 26.3 Å². The van der Waals surface area contributed by atoms with Gasteiger partial charge in [0.15, 0.2) is 5.75 Å². The Labute approximate surface area is 150 Å². The third-order valence-electron chi connectivity index (χ3n) is 3.74. The minimum Gasteiger partial charge on any atom is -0.490 e. The molecular formula is C16H22N2O6S. The van der Waals surface area contributed by atoms with Crippen molar-refractivity contribution in [2.24, 2.45) is 5.92 Å². The molecule has 1 rings (SSSR count). The third-order valence-corrected chi connectivity index (χ3v) is 4.74. The van der Waals surface area contributed by atoms with Gasteiger partial charge in [-0.2, -0.15) is 0 Å². The van der Waals surface area contributed by atoms with Crippen LogP contribution in [0, 0.1) is 16.0 Å². The topological polar surface area (TPSA) is 119 Å². The molecule has 0 saturated carbocycles. The summed E-state index contributed by atoms with van der Waals surface area (Å²) in [5, 5.41) is 22.7. The lowest BCUT2D eigenvalue weighted by molar-refractivity contribution is -0.385. The van der Waals surface area contributed by atoms with Gasteiger partial charge in [0.1, 0.15) is 6.04 Å². The number of amides is 1. The fraction of sp³-hybridized carbons (Fsp3) is 0.500. The second kappa shape index (κ2) is 9.87. The maximum absolute atomic E-state index is 11.9. The van der Waals surface area contributed by atoms with E-state index in [0.29, 0.717) is 17.7 Å². The van der Waals surface area contributed by atoms with Crippen molar-refractivity contribution in [1.82, 2.24) is 5.32 Å². The number of carbonyl (C=O) groups is 2. The highest BCUT2D eigenvalue weighted by Crippen LogP contribution is 2.28. The molecule has 0 spiro atoms. The zero-order valence-electron chi connectivity index (χ0n) is 14.4. The number of nitrogens with one attached hydrogen (secondary N) is 1. The van der Waals surface area contributed by atoms with Crippen LogP contribution in [0.3, 0.4) is 0 Å². The largest absolute Gasteiger partial charge is 0.490 e. The second-order valence-electron chi connectivity index (χ2n) is 5.53. The fourth-order valence-electron chi connectivity index (χ4n) is 2.13. The van der Waals surface area contributed by atoms with Crippen LogP contribution in [-0.2, 0) is 15.3 Å². The van der Waals surface area contributed by atoms with Crippen molar-refractivity contribution in [3.63, 3.8) is 0 Å². The van der Waals surface area contributed by atoms with Gasteiger partial charge < -0.3 is 15.2 Å². The van der Waals surface area contributed by atoms with Crippen LogP contribution in [0.2, 0.25) is 0 Å². The number of nitro groups is 1. The summed E-state index contributed by atoms with van der Waals surface area (Å²) in [7, 11) is 1.36. The van der Waals surface area contributed by atoms with Gasteiger partial charge >= 0.3 is 11.7 Å². The first-order valence-electron chi connectivity index (χ1n) is 7.71. The highest BCUT2D eigenvalue weighted by molar-refractivity contribution is 7.99. The first kappa shape index (κ1) is 20.8. The molecule has 0 fully saturated rings. The lowest BCUT2D eigenvalue weighted by Crippen LogP contribution is -2.45. The summed E-state index contributed by atoms with van der Waals surface area (Å²) < 4.78 is 4.94. The third kappa shape index (κ3) is 6.26. The number of ether oxygens (including phenoxy) is 1. The van der Waals surface area contributed by atoms with Gasteiger partial charge in [-0.25, -0.2) is 4.79 Å². The Bertz CT molecular complexity index is 637. The Kier molecular flexibility index (Phi) is 8.20. The van der Waals surface area contributed by atoms with Gasteiger partial charge in [0, 0.05) is 11.8 Å². The maximum atomic E-state index is 11.9. The van der Waals surface area contributed by atoms with Crippen molar-refractivity contribution in [1.29, 1.82) is 0 Å². The van der Waals surface area contributed by atoms with E-state index >= 15 is 0 Å². The molecule has 0 aromatic heterocycles. The van der Waals surface area contributed by atoms with Crippen molar-refractivity contribution in [2.45, 2.75) is 32.1 Å². The van der Waals surface area contributed by atoms with Crippen LogP contribution in [0.1, 0.15) is 25.8 Å². The molecule has 1 aromatic rings. The predicted molar refractivity (Wildman–Crippen MR) is 94.8 cm³/mol.